The third-order valence-corrected chi connectivity index (χ3v) is 1.65. The highest BCUT2D eigenvalue weighted by atomic mass is 16.2. The molecule has 11 heavy (non-hydrogen) atoms. The van der Waals surface area contributed by atoms with Gasteiger partial charge in [0.05, 0.1) is 0 Å². The summed E-state index contributed by atoms with van der Waals surface area (Å²) in [6, 6.07) is 0. The van der Waals surface area contributed by atoms with Gasteiger partial charge >= 0.3 is 0 Å². The normalized spacial score (nSPS) is 11.8. The number of carbonyl (C=O) groups excluding carboxylic acids is 1. The second-order valence-electron chi connectivity index (χ2n) is 2.76. The monoisotopic (exact) mass is 153 g/mol. The average Bonchev–Trinajstić information content (AvgIpc) is 1.99. The third kappa shape index (κ3) is 3.67. The predicted molar refractivity (Wildman–Crippen MR) is 45.9 cm³/mol. The Morgan fingerprint density at radius 1 is 1.64 bits per heavy atom. The van der Waals surface area contributed by atoms with Crippen LogP contribution >= 0.6 is 0 Å². The summed E-state index contributed by atoms with van der Waals surface area (Å²) in [5.41, 5.74) is 0. The van der Waals surface area contributed by atoms with Crippen LogP contribution in [-0.2, 0) is 4.79 Å². The summed E-state index contributed by atoms with van der Waals surface area (Å²) in [7, 11) is 3.48. The zero-order valence-corrected chi connectivity index (χ0v) is 7.42. The molecule has 0 aliphatic rings. The zero-order valence-electron chi connectivity index (χ0n) is 7.42. The molecule has 2 heteroatoms. The Balaban J connectivity index is 3.84. The molecule has 0 aromatic heterocycles. The fraction of sp³-hybridized carbons (Fsp3) is 0.667. The molecule has 0 heterocycles. The van der Waals surface area contributed by atoms with E-state index in [4.69, 9.17) is 6.42 Å². The minimum atomic E-state index is 0.102. The van der Waals surface area contributed by atoms with E-state index in [0.717, 1.165) is 6.42 Å². The van der Waals surface area contributed by atoms with Gasteiger partial charge < -0.3 is 4.90 Å². The van der Waals surface area contributed by atoms with Crippen molar-refractivity contribution in [3.63, 3.8) is 0 Å². The van der Waals surface area contributed by atoms with Crippen LogP contribution in [0.5, 0.6) is 0 Å². The van der Waals surface area contributed by atoms with Gasteiger partial charge in [-0.3, -0.25) is 4.79 Å². The van der Waals surface area contributed by atoms with Gasteiger partial charge in [-0.15, -0.1) is 12.3 Å². The molecule has 1 atom stereocenters. The van der Waals surface area contributed by atoms with E-state index in [9.17, 15) is 4.79 Å². The van der Waals surface area contributed by atoms with Crippen molar-refractivity contribution in [2.24, 2.45) is 5.92 Å². The zero-order chi connectivity index (χ0) is 8.85. The second-order valence-corrected chi connectivity index (χ2v) is 2.76. The van der Waals surface area contributed by atoms with Crippen molar-refractivity contribution in [3.05, 3.63) is 0 Å². The fourth-order valence-electron chi connectivity index (χ4n) is 0.714. The number of carbonyl (C=O) groups is 1. The standard InChI is InChI=1S/C9H15NO/c1-5-8(6-2)7-9(11)10(3)4/h1,8H,6-7H2,2-4H3/t8-/m0/s1. The van der Waals surface area contributed by atoms with Gasteiger partial charge in [-0.25, -0.2) is 0 Å². The van der Waals surface area contributed by atoms with Gasteiger partial charge in [0.25, 0.3) is 0 Å². The first-order valence-electron chi connectivity index (χ1n) is 3.78. The van der Waals surface area contributed by atoms with Crippen molar-refractivity contribution in [2.75, 3.05) is 14.1 Å². The molecule has 0 aromatic rings. The Bertz CT molecular complexity index is 167. The van der Waals surface area contributed by atoms with E-state index in [1.54, 1.807) is 19.0 Å². The van der Waals surface area contributed by atoms with Gasteiger partial charge in [0.15, 0.2) is 0 Å². The Labute approximate surface area is 68.6 Å². The molecule has 0 bridgehead atoms. The quantitative estimate of drug-likeness (QED) is 0.556. The summed E-state index contributed by atoms with van der Waals surface area (Å²) in [5, 5.41) is 0. The molecule has 0 rings (SSSR count). The first-order chi connectivity index (χ1) is 5.11. The van der Waals surface area contributed by atoms with E-state index in [1.807, 2.05) is 6.92 Å². The molecule has 0 saturated carbocycles. The molecule has 0 aliphatic carbocycles. The lowest BCUT2D eigenvalue weighted by molar-refractivity contribution is -0.129. The van der Waals surface area contributed by atoms with Crippen LogP contribution in [0, 0.1) is 18.3 Å². The van der Waals surface area contributed by atoms with Crippen LogP contribution in [0.15, 0.2) is 0 Å². The van der Waals surface area contributed by atoms with Gasteiger partial charge in [-0.1, -0.05) is 6.92 Å². The topological polar surface area (TPSA) is 20.3 Å². The minimum Gasteiger partial charge on any atom is -0.349 e. The van der Waals surface area contributed by atoms with Crippen LogP contribution in [0.4, 0.5) is 0 Å². The summed E-state index contributed by atoms with van der Waals surface area (Å²) in [4.78, 5) is 12.7. The molecule has 0 spiro atoms. The molecule has 0 aromatic carbocycles. The molecule has 0 radical (unpaired) electrons. The highest BCUT2D eigenvalue weighted by Crippen LogP contribution is 2.07. The molecule has 0 saturated heterocycles. The third-order valence-electron chi connectivity index (χ3n) is 1.65. The molecule has 0 unspecified atom stereocenters. The van der Waals surface area contributed by atoms with Gasteiger partial charge in [0.1, 0.15) is 0 Å². The predicted octanol–water partition coefficient (Wildman–Crippen LogP) is 1.12. The second kappa shape index (κ2) is 4.79. The van der Waals surface area contributed by atoms with Gasteiger partial charge in [-0.2, -0.15) is 0 Å². The Morgan fingerprint density at radius 2 is 2.18 bits per heavy atom. The summed E-state index contributed by atoms with van der Waals surface area (Å²) in [6.45, 7) is 1.99. The Hall–Kier alpha value is -0.970. The lowest BCUT2D eigenvalue weighted by atomic mass is 10.0. The first kappa shape index (κ1) is 10.0. The van der Waals surface area contributed by atoms with Gasteiger partial charge in [0, 0.05) is 26.4 Å². The van der Waals surface area contributed by atoms with Crippen molar-refractivity contribution in [3.8, 4) is 12.3 Å². The number of hydrogen-bond donors (Lipinski definition) is 0. The van der Waals surface area contributed by atoms with E-state index in [-0.39, 0.29) is 11.8 Å². The fourth-order valence-corrected chi connectivity index (χ4v) is 0.714. The van der Waals surface area contributed by atoms with Crippen molar-refractivity contribution in [1.29, 1.82) is 0 Å². The number of hydrogen-bond acceptors (Lipinski definition) is 1. The maximum absolute atomic E-state index is 11.1. The van der Waals surface area contributed by atoms with E-state index in [0.29, 0.717) is 6.42 Å². The van der Waals surface area contributed by atoms with Gasteiger partial charge in [0.2, 0.25) is 5.91 Å². The minimum absolute atomic E-state index is 0.102. The smallest absolute Gasteiger partial charge is 0.223 e. The highest BCUT2D eigenvalue weighted by molar-refractivity contribution is 5.76. The van der Waals surface area contributed by atoms with E-state index in [1.165, 1.54) is 0 Å². The van der Waals surface area contributed by atoms with Gasteiger partial charge in [-0.05, 0) is 6.42 Å². The molecule has 0 fully saturated rings. The lowest BCUT2D eigenvalue weighted by Crippen LogP contribution is -2.23. The molecular weight excluding hydrogens is 138 g/mol. The van der Waals surface area contributed by atoms with Crippen LogP contribution in [0.3, 0.4) is 0 Å². The SMILES string of the molecule is C#C[C@@H](CC)CC(=O)N(C)C. The maximum Gasteiger partial charge on any atom is 0.223 e. The van der Waals surface area contributed by atoms with Crippen LogP contribution in [0.1, 0.15) is 19.8 Å². The van der Waals surface area contributed by atoms with Crippen LogP contribution in [0.25, 0.3) is 0 Å². The van der Waals surface area contributed by atoms with Crippen molar-refractivity contribution < 1.29 is 4.79 Å². The lowest BCUT2D eigenvalue weighted by Gasteiger charge is -2.12. The molecule has 0 N–H and O–H groups in total. The summed E-state index contributed by atoms with van der Waals surface area (Å²) >= 11 is 0. The molecular formula is C9H15NO. The summed E-state index contributed by atoms with van der Waals surface area (Å²) < 4.78 is 0. The molecule has 62 valence electrons. The Kier molecular flexibility index (Phi) is 4.36. The molecule has 0 aliphatic heterocycles. The number of nitrogens with zero attached hydrogens (tertiary/aromatic N) is 1. The maximum atomic E-state index is 11.1. The van der Waals surface area contributed by atoms with E-state index < -0.39 is 0 Å². The number of terminal acetylenes is 1. The van der Waals surface area contributed by atoms with E-state index in [2.05, 4.69) is 5.92 Å². The van der Waals surface area contributed by atoms with Crippen LogP contribution in [-0.4, -0.2) is 24.9 Å². The van der Waals surface area contributed by atoms with Crippen molar-refractivity contribution >= 4 is 5.91 Å². The largest absolute Gasteiger partial charge is 0.349 e. The summed E-state index contributed by atoms with van der Waals surface area (Å²) in [5.74, 6) is 2.80. The first-order valence-corrected chi connectivity index (χ1v) is 3.78. The summed E-state index contributed by atoms with van der Waals surface area (Å²) in [6.07, 6.45) is 6.55. The van der Waals surface area contributed by atoms with Crippen LogP contribution < -0.4 is 0 Å². The molecule has 1 amide bonds. The van der Waals surface area contributed by atoms with E-state index >= 15 is 0 Å². The average molecular weight is 153 g/mol. The Morgan fingerprint density at radius 3 is 2.45 bits per heavy atom. The van der Waals surface area contributed by atoms with Crippen LogP contribution in [0.2, 0.25) is 0 Å². The number of amides is 1. The molecule has 2 nitrogen and oxygen atoms in total. The van der Waals surface area contributed by atoms with Crippen molar-refractivity contribution in [2.45, 2.75) is 19.8 Å². The highest BCUT2D eigenvalue weighted by Gasteiger charge is 2.10. The number of rotatable bonds is 3. The van der Waals surface area contributed by atoms with Crippen molar-refractivity contribution in [1.82, 2.24) is 4.90 Å².